The molecule has 1 aromatic rings. The molecule has 0 aliphatic heterocycles. The third-order valence-electron chi connectivity index (χ3n) is 2.18. The molecule has 0 radical (unpaired) electrons. The predicted octanol–water partition coefficient (Wildman–Crippen LogP) is 3.05. The van der Waals surface area contributed by atoms with Crippen molar-refractivity contribution in [3.63, 3.8) is 0 Å². The standard InChI is InChI=1S/C12H15F3O4S/c1-8(2)19-11-5-4-10(6-9(11)3)20(16,17)18-7-12(13,14)15/h4-6,8H,7H2,1-3H3. The maximum absolute atomic E-state index is 12.0. The van der Waals surface area contributed by atoms with Crippen molar-refractivity contribution in [2.75, 3.05) is 6.61 Å². The summed E-state index contributed by atoms with van der Waals surface area (Å²) in [5.74, 6) is 0.467. The van der Waals surface area contributed by atoms with E-state index in [0.29, 0.717) is 11.3 Å². The molecular weight excluding hydrogens is 297 g/mol. The molecule has 0 aromatic heterocycles. The van der Waals surface area contributed by atoms with E-state index in [0.717, 1.165) is 6.07 Å². The van der Waals surface area contributed by atoms with E-state index in [1.807, 2.05) is 0 Å². The van der Waals surface area contributed by atoms with Crippen LogP contribution in [0.15, 0.2) is 23.1 Å². The van der Waals surface area contributed by atoms with E-state index >= 15 is 0 Å². The maximum Gasteiger partial charge on any atom is 0.413 e. The van der Waals surface area contributed by atoms with Crippen LogP contribution in [-0.4, -0.2) is 27.3 Å². The molecule has 8 heteroatoms. The van der Waals surface area contributed by atoms with Crippen molar-refractivity contribution >= 4 is 10.1 Å². The van der Waals surface area contributed by atoms with Crippen LogP contribution in [0.5, 0.6) is 5.75 Å². The zero-order valence-electron chi connectivity index (χ0n) is 11.2. The zero-order chi connectivity index (χ0) is 15.6. The highest BCUT2D eigenvalue weighted by atomic mass is 32.2. The van der Waals surface area contributed by atoms with Gasteiger partial charge in [-0.1, -0.05) is 0 Å². The van der Waals surface area contributed by atoms with E-state index in [-0.39, 0.29) is 11.0 Å². The molecule has 4 nitrogen and oxygen atoms in total. The summed E-state index contributed by atoms with van der Waals surface area (Å²) in [5.41, 5.74) is 0.496. The molecule has 0 spiro atoms. The Kier molecular flexibility index (Phi) is 5.04. The van der Waals surface area contributed by atoms with Gasteiger partial charge in [-0.05, 0) is 44.5 Å². The fourth-order valence-corrected chi connectivity index (χ4v) is 2.36. The van der Waals surface area contributed by atoms with Crippen molar-refractivity contribution in [3.8, 4) is 5.75 Å². The Balaban J connectivity index is 2.94. The molecule has 20 heavy (non-hydrogen) atoms. The first kappa shape index (κ1) is 16.8. The summed E-state index contributed by atoms with van der Waals surface area (Å²) in [6.45, 7) is 3.35. The van der Waals surface area contributed by atoms with Gasteiger partial charge in [0.05, 0.1) is 11.0 Å². The molecule has 0 atom stereocenters. The Morgan fingerprint density at radius 2 is 1.85 bits per heavy atom. The summed E-state index contributed by atoms with van der Waals surface area (Å²) >= 11 is 0. The fraction of sp³-hybridized carbons (Fsp3) is 0.500. The van der Waals surface area contributed by atoms with E-state index < -0.39 is 22.9 Å². The third kappa shape index (κ3) is 5.01. The minimum atomic E-state index is -4.71. The number of aryl methyl sites for hydroxylation is 1. The van der Waals surface area contributed by atoms with Crippen LogP contribution >= 0.6 is 0 Å². The average Bonchev–Trinajstić information content (AvgIpc) is 2.28. The molecular formula is C12H15F3O4S. The first-order valence-electron chi connectivity index (χ1n) is 5.75. The SMILES string of the molecule is Cc1cc(S(=O)(=O)OCC(F)(F)F)ccc1OC(C)C. The highest BCUT2D eigenvalue weighted by Gasteiger charge is 2.31. The van der Waals surface area contributed by atoms with E-state index in [9.17, 15) is 21.6 Å². The first-order chi connectivity index (χ1) is 9.01. The predicted molar refractivity (Wildman–Crippen MR) is 66.1 cm³/mol. The molecule has 1 rings (SSSR count). The van der Waals surface area contributed by atoms with Crippen molar-refractivity contribution < 1.29 is 30.5 Å². The molecule has 0 aliphatic carbocycles. The molecule has 0 unspecified atom stereocenters. The van der Waals surface area contributed by atoms with Crippen LogP contribution in [-0.2, 0) is 14.3 Å². The molecule has 0 saturated heterocycles. The van der Waals surface area contributed by atoms with Crippen LogP contribution in [0.1, 0.15) is 19.4 Å². The largest absolute Gasteiger partial charge is 0.491 e. The van der Waals surface area contributed by atoms with Crippen molar-refractivity contribution in [1.29, 1.82) is 0 Å². The summed E-state index contributed by atoms with van der Waals surface area (Å²) in [7, 11) is -4.44. The van der Waals surface area contributed by atoms with Crippen molar-refractivity contribution in [1.82, 2.24) is 0 Å². The van der Waals surface area contributed by atoms with Gasteiger partial charge in [-0.2, -0.15) is 21.6 Å². The molecule has 0 amide bonds. The quantitative estimate of drug-likeness (QED) is 0.784. The number of ether oxygens (including phenoxy) is 1. The lowest BCUT2D eigenvalue weighted by Crippen LogP contribution is -2.20. The summed E-state index contributed by atoms with van der Waals surface area (Å²) in [4.78, 5) is -0.338. The number of rotatable bonds is 5. The summed E-state index contributed by atoms with van der Waals surface area (Å²) < 4.78 is 68.5. The van der Waals surface area contributed by atoms with Crippen LogP contribution in [0, 0.1) is 6.92 Å². The first-order valence-corrected chi connectivity index (χ1v) is 7.15. The van der Waals surface area contributed by atoms with Gasteiger partial charge in [0, 0.05) is 0 Å². The van der Waals surface area contributed by atoms with Crippen molar-refractivity contribution in [2.45, 2.75) is 37.9 Å². The van der Waals surface area contributed by atoms with E-state index in [1.165, 1.54) is 12.1 Å². The summed E-state index contributed by atoms with van der Waals surface area (Å²) in [6.07, 6.45) is -4.80. The molecule has 114 valence electrons. The lowest BCUT2D eigenvalue weighted by atomic mass is 10.2. The van der Waals surface area contributed by atoms with Gasteiger partial charge >= 0.3 is 6.18 Å². The molecule has 0 heterocycles. The molecule has 0 fully saturated rings. The number of hydrogen-bond donors (Lipinski definition) is 0. The van der Waals surface area contributed by atoms with Gasteiger partial charge in [0.25, 0.3) is 10.1 Å². The molecule has 0 aliphatic rings. The summed E-state index contributed by atoms with van der Waals surface area (Å²) in [5, 5.41) is 0. The molecule has 0 N–H and O–H groups in total. The minimum absolute atomic E-state index is 0.0994. The highest BCUT2D eigenvalue weighted by molar-refractivity contribution is 7.86. The highest BCUT2D eigenvalue weighted by Crippen LogP contribution is 2.25. The average molecular weight is 312 g/mol. The van der Waals surface area contributed by atoms with Crippen LogP contribution in [0.3, 0.4) is 0 Å². The number of hydrogen-bond acceptors (Lipinski definition) is 4. The Labute approximate surface area is 115 Å². The van der Waals surface area contributed by atoms with Crippen LogP contribution in [0.2, 0.25) is 0 Å². The van der Waals surface area contributed by atoms with E-state index in [1.54, 1.807) is 20.8 Å². The number of alkyl halides is 3. The van der Waals surface area contributed by atoms with Gasteiger partial charge in [0.2, 0.25) is 0 Å². The van der Waals surface area contributed by atoms with E-state index in [4.69, 9.17) is 4.74 Å². The van der Waals surface area contributed by atoms with Crippen molar-refractivity contribution in [2.24, 2.45) is 0 Å². The normalized spacial score (nSPS) is 12.8. The maximum atomic E-state index is 12.0. The van der Waals surface area contributed by atoms with Crippen LogP contribution < -0.4 is 4.74 Å². The minimum Gasteiger partial charge on any atom is -0.491 e. The Hall–Kier alpha value is -1.28. The fourth-order valence-electron chi connectivity index (χ4n) is 1.38. The smallest absolute Gasteiger partial charge is 0.413 e. The second kappa shape index (κ2) is 6.01. The number of benzene rings is 1. The van der Waals surface area contributed by atoms with E-state index in [2.05, 4.69) is 4.18 Å². The Bertz CT molecular complexity index is 565. The second-order valence-corrected chi connectivity index (χ2v) is 6.04. The number of halogens is 3. The van der Waals surface area contributed by atoms with Crippen LogP contribution in [0.25, 0.3) is 0 Å². The van der Waals surface area contributed by atoms with Crippen LogP contribution in [0.4, 0.5) is 13.2 Å². The van der Waals surface area contributed by atoms with Gasteiger partial charge in [-0.25, -0.2) is 0 Å². The monoisotopic (exact) mass is 312 g/mol. The van der Waals surface area contributed by atoms with Gasteiger partial charge < -0.3 is 4.74 Å². The lowest BCUT2D eigenvalue weighted by Gasteiger charge is -2.13. The Morgan fingerprint density at radius 3 is 2.30 bits per heavy atom. The van der Waals surface area contributed by atoms with Gasteiger partial charge in [0.15, 0.2) is 6.61 Å². The van der Waals surface area contributed by atoms with Gasteiger partial charge in [0.1, 0.15) is 5.75 Å². The molecule has 0 saturated carbocycles. The second-order valence-electron chi connectivity index (χ2n) is 4.43. The molecule has 0 bridgehead atoms. The van der Waals surface area contributed by atoms with Gasteiger partial charge in [-0.15, -0.1) is 0 Å². The topological polar surface area (TPSA) is 52.6 Å². The van der Waals surface area contributed by atoms with Crippen molar-refractivity contribution in [3.05, 3.63) is 23.8 Å². The summed E-state index contributed by atoms with van der Waals surface area (Å²) in [6, 6.07) is 3.75. The van der Waals surface area contributed by atoms with Gasteiger partial charge in [-0.3, -0.25) is 4.18 Å². The lowest BCUT2D eigenvalue weighted by molar-refractivity contribution is -0.152. The third-order valence-corrected chi connectivity index (χ3v) is 3.43. The zero-order valence-corrected chi connectivity index (χ0v) is 12.0. The molecule has 1 aromatic carbocycles. The Morgan fingerprint density at radius 1 is 1.25 bits per heavy atom.